The summed E-state index contributed by atoms with van der Waals surface area (Å²) in [7, 11) is 8.92. The molecule has 0 aliphatic carbocycles. The van der Waals surface area contributed by atoms with E-state index in [1.807, 2.05) is 49.5 Å². The SMILES string of the molecule is CCc1n(N=Cc2ccc(N(C)C)cc2)cc[n+]1Cc1cc(OC)c(OC)c(OC)c1. The number of aromatic nitrogens is 2. The van der Waals surface area contributed by atoms with Crippen molar-refractivity contribution in [1.82, 2.24) is 4.68 Å². The maximum absolute atomic E-state index is 5.48. The highest BCUT2D eigenvalue weighted by atomic mass is 16.5. The maximum atomic E-state index is 5.48. The number of benzene rings is 2. The average molecular weight is 424 g/mol. The van der Waals surface area contributed by atoms with Gasteiger partial charge in [0, 0.05) is 31.8 Å². The van der Waals surface area contributed by atoms with E-state index in [0.717, 1.165) is 29.1 Å². The molecule has 1 aromatic heterocycles. The molecule has 0 aliphatic heterocycles. The van der Waals surface area contributed by atoms with Crippen LogP contribution in [0.3, 0.4) is 0 Å². The van der Waals surface area contributed by atoms with Crippen LogP contribution in [0.1, 0.15) is 23.9 Å². The van der Waals surface area contributed by atoms with E-state index < -0.39 is 0 Å². The van der Waals surface area contributed by atoms with Gasteiger partial charge in [0.2, 0.25) is 5.75 Å². The molecule has 0 atom stereocenters. The van der Waals surface area contributed by atoms with E-state index in [-0.39, 0.29) is 0 Å². The average Bonchev–Trinajstić information content (AvgIpc) is 3.18. The molecule has 0 saturated carbocycles. The summed E-state index contributed by atoms with van der Waals surface area (Å²) in [6.07, 6.45) is 6.73. The fraction of sp³-hybridized carbons (Fsp3) is 0.333. The van der Waals surface area contributed by atoms with Crippen molar-refractivity contribution in [2.45, 2.75) is 19.9 Å². The predicted molar refractivity (Wildman–Crippen MR) is 123 cm³/mol. The van der Waals surface area contributed by atoms with Crippen molar-refractivity contribution in [3.8, 4) is 17.2 Å². The molecule has 31 heavy (non-hydrogen) atoms. The third-order valence-electron chi connectivity index (χ3n) is 5.12. The van der Waals surface area contributed by atoms with E-state index in [9.17, 15) is 0 Å². The number of hydrogen-bond donors (Lipinski definition) is 0. The van der Waals surface area contributed by atoms with Gasteiger partial charge in [0.05, 0.1) is 27.5 Å². The number of anilines is 1. The van der Waals surface area contributed by atoms with Gasteiger partial charge in [-0.1, -0.05) is 24.2 Å². The van der Waals surface area contributed by atoms with Crippen LogP contribution in [0, 0.1) is 0 Å². The Balaban J connectivity index is 1.85. The van der Waals surface area contributed by atoms with Crippen LogP contribution in [0.15, 0.2) is 53.9 Å². The van der Waals surface area contributed by atoms with E-state index in [1.165, 1.54) is 0 Å². The van der Waals surface area contributed by atoms with Gasteiger partial charge in [-0.25, -0.2) is 4.57 Å². The summed E-state index contributed by atoms with van der Waals surface area (Å²) in [5.41, 5.74) is 3.27. The van der Waals surface area contributed by atoms with Crippen LogP contribution in [0.4, 0.5) is 5.69 Å². The highest BCUT2D eigenvalue weighted by molar-refractivity contribution is 5.80. The smallest absolute Gasteiger partial charge is 0.282 e. The number of hydrogen-bond acceptors (Lipinski definition) is 5. The summed E-state index contributed by atoms with van der Waals surface area (Å²) in [5, 5.41) is 4.67. The first-order valence-electron chi connectivity index (χ1n) is 10.2. The molecule has 3 aromatic rings. The summed E-state index contributed by atoms with van der Waals surface area (Å²) in [5.74, 6) is 2.98. The Labute approximate surface area is 184 Å². The summed E-state index contributed by atoms with van der Waals surface area (Å²) in [6, 6.07) is 12.3. The topological polar surface area (TPSA) is 52.1 Å². The van der Waals surface area contributed by atoms with Gasteiger partial charge in [0.1, 0.15) is 12.7 Å². The summed E-state index contributed by atoms with van der Waals surface area (Å²) in [4.78, 5) is 2.08. The highest BCUT2D eigenvalue weighted by Crippen LogP contribution is 2.38. The molecule has 0 radical (unpaired) electrons. The molecule has 7 nitrogen and oxygen atoms in total. The largest absolute Gasteiger partial charge is 0.493 e. The first-order valence-corrected chi connectivity index (χ1v) is 10.2. The molecule has 1 heterocycles. The molecular weight excluding hydrogens is 392 g/mol. The van der Waals surface area contributed by atoms with Crippen molar-refractivity contribution in [1.29, 1.82) is 0 Å². The Bertz CT molecular complexity index is 1010. The Kier molecular flexibility index (Phi) is 7.18. The second-order valence-electron chi connectivity index (χ2n) is 7.30. The van der Waals surface area contributed by atoms with Crippen LogP contribution in [0.5, 0.6) is 17.2 Å². The van der Waals surface area contributed by atoms with E-state index in [1.54, 1.807) is 21.3 Å². The second kappa shape index (κ2) is 10.0. The zero-order chi connectivity index (χ0) is 22.4. The number of imidazole rings is 1. The van der Waals surface area contributed by atoms with Crippen molar-refractivity contribution < 1.29 is 18.8 Å². The normalized spacial score (nSPS) is 11.0. The van der Waals surface area contributed by atoms with Crippen LogP contribution in [-0.4, -0.2) is 46.3 Å². The molecule has 0 saturated heterocycles. The van der Waals surface area contributed by atoms with Crippen LogP contribution in [0.2, 0.25) is 0 Å². The first kappa shape index (κ1) is 22.2. The molecule has 3 rings (SSSR count). The molecule has 0 spiro atoms. The Morgan fingerprint density at radius 2 is 1.65 bits per heavy atom. The van der Waals surface area contributed by atoms with Crippen molar-refractivity contribution in [3.05, 3.63) is 65.7 Å². The lowest BCUT2D eigenvalue weighted by molar-refractivity contribution is -0.695. The molecule has 0 unspecified atom stereocenters. The highest BCUT2D eigenvalue weighted by Gasteiger charge is 2.18. The predicted octanol–water partition coefficient (Wildman–Crippen LogP) is 3.36. The van der Waals surface area contributed by atoms with Gasteiger partial charge in [-0.05, 0) is 29.8 Å². The lowest BCUT2D eigenvalue weighted by atomic mass is 10.1. The number of rotatable bonds is 9. The van der Waals surface area contributed by atoms with Crippen molar-refractivity contribution in [2.75, 3.05) is 40.3 Å². The molecule has 164 valence electrons. The van der Waals surface area contributed by atoms with Gasteiger partial charge in [0.25, 0.3) is 5.82 Å². The van der Waals surface area contributed by atoms with E-state index in [4.69, 9.17) is 14.2 Å². The van der Waals surface area contributed by atoms with E-state index >= 15 is 0 Å². The van der Waals surface area contributed by atoms with Gasteiger partial charge in [-0.15, -0.1) is 4.68 Å². The number of nitrogens with zero attached hydrogens (tertiary/aromatic N) is 4. The molecule has 2 aromatic carbocycles. The lowest BCUT2D eigenvalue weighted by Gasteiger charge is -2.13. The van der Waals surface area contributed by atoms with Crippen LogP contribution < -0.4 is 23.7 Å². The van der Waals surface area contributed by atoms with E-state index in [0.29, 0.717) is 23.8 Å². The summed E-state index contributed by atoms with van der Waals surface area (Å²) < 4.78 is 20.5. The fourth-order valence-corrected chi connectivity index (χ4v) is 3.47. The second-order valence-corrected chi connectivity index (χ2v) is 7.30. The van der Waals surface area contributed by atoms with E-state index in [2.05, 4.69) is 45.8 Å². The van der Waals surface area contributed by atoms with Gasteiger partial charge in [0.15, 0.2) is 17.7 Å². The Morgan fingerprint density at radius 3 is 2.16 bits per heavy atom. The maximum Gasteiger partial charge on any atom is 0.282 e. The van der Waals surface area contributed by atoms with Crippen LogP contribution in [0.25, 0.3) is 0 Å². The number of methoxy groups -OCH3 is 3. The zero-order valence-electron chi connectivity index (χ0n) is 19.1. The molecule has 0 fully saturated rings. The number of ether oxygens (including phenoxy) is 3. The van der Waals surface area contributed by atoms with Gasteiger partial charge >= 0.3 is 0 Å². The molecule has 0 aliphatic rings. The van der Waals surface area contributed by atoms with Gasteiger partial charge in [-0.3, -0.25) is 0 Å². The van der Waals surface area contributed by atoms with Crippen molar-refractivity contribution in [2.24, 2.45) is 5.10 Å². The fourth-order valence-electron chi connectivity index (χ4n) is 3.47. The van der Waals surface area contributed by atoms with Gasteiger partial charge in [-0.2, -0.15) is 0 Å². The standard InChI is InChI=1S/C24H31N4O3/c1-7-23-27(17-19-14-21(29-4)24(31-6)22(15-19)30-5)12-13-28(23)25-16-18-8-10-20(11-9-18)26(2)3/h8-16H,7,17H2,1-6H3/q+1. The van der Waals surface area contributed by atoms with Crippen LogP contribution >= 0.6 is 0 Å². The monoisotopic (exact) mass is 423 g/mol. The van der Waals surface area contributed by atoms with Gasteiger partial charge < -0.3 is 19.1 Å². The zero-order valence-corrected chi connectivity index (χ0v) is 19.1. The minimum atomic E-state index is 0.594. The third-order valence-corrected chi connectivity index (χ3v) is 5.12. The molecule has 7 heteroatoms. The molecule has 0 amide bonds. The van der Waals surface area contributed by atoms with Crippen molar-refractivity contribution >= 4 is 11.9 Å². The summed E-state index contributed by atoms with van der Waals surface area (Å²) >= 11 is 0. The van der Waals surface area contributed by atoms with Crippen LogP contribution in [-0.2, 0) is 13.0 Å². The molecular formula is C24H31N4O3+. The molecule has 0 bridgehead atoms. The Hall–Kier alpha value is -3.48. The first-order chi connectivity index (χ1) is 15.0. The summed E-state index contributed by atoms with van der Waals surface area (Å²) in [6.45, 7) is 2.79. The quantitative estimate of drug-likeness (QED) is 0.391. The Morgan fingerprint density at radius 1 is 1.00 bits per heavy atom. The minimum Gasteiger partial charge on any atom is -0.493 e. The third kappa shape index (κ3) is 4.99. The minimum absolute atomic E-state index is 0.594. The van der Waals surface area contributed by atoms with Crippen molar-refractivity contribution in [3.63, 3.8) is 0 Å². The lowest BCUT2D eigenvalue weighted by Crippen LogP contribution is -2.37. The molecule has 0 N–H and O–H groups in total.